The maximum atomic E-state index is 12.3. The molecule has 1 saturated heterocycles. The second kappa shape index (κ2) is 7.06. The van der Waals surface area contributed by atoms with Gasteiger partial charge in [0.2, 0.25) is 5.89 Å². The number of nitrogens with zero attached hydrogens (tertiary/aromatic N) is 3. The molecule has 2 fully saturated rings. The Balaban J connectivity index is 1.44. The predicted molar refractivity (Wildman–Crippen MR) is 85.3 cm³/mol. The van der Waals surface area contributed by atoms with Gasteiger partial charge in [-0.3, -0.25) is 0 Å². The van der Waals surface area contributed by atoms with E-state index in [0.717, 1.165) is 0 Å². The number of rotatable bonds is 4. The third-order valence-corrected chi connectivity index (χ3v) is 5.00. The maximum absolute atomic E-state index is 12.3. The lowest BCUT2D eigenvalue weighted by Crippen LogP contribution is -2.39. The van der Waals surface area contributed by atoms with Crippen LogP contribution in [-0.2, 0) is 6.42 Å². The SMILES string of the molecule is CC(C)c1nc(CCNC(=O)N2C[C@H]3C[C@H](O)[C@H](O)C[C@H]3C2)no1. The average Bonchev–Trinajstić information content (AvgIpc) is 3.14. The summed E-state index contributed by atoms with van der Waals surface area (Å²) in [4.78, 5) is 18.3. The van der Waals surface area contributed by atoms with Gasteiger partial charge < -0.3 is 25.0 Å². The van der Waals surface area contributed by atoms with Gasteiger partial charge in [0.1, 0.15) is 0 Å². The lowest BCUT2D eigenvalue weighted by Gasteiger charge is -2.31. The molecule has 8 nitrogen and oxygen atoms in total. The van der Waals surface area contributed by atoms with E-state index in [1.807, 2.05) is 13.8 Å². The summed E-state index contributed by atoms with van der Waals surface area (Å²) in [6, 6.07) is -0.110. The van der Waals surface area contributed by atoms with Crippen LogP contribution in [0.25, 0.3) is 0 Å². The molecule has 1 aromatic rings. The number of hydrogen-bond donors (Lipinski definition) is 3. The van der Waals surface area contributed by atoms with Gasteiger partial charge in [-0.05, 0) is 24.7 Å². The first-order valence-corrected chi connectivity index (χ1v) is 8.65. The molecular formula is C16H26N4O4. The average molecular weight is 338 g/mol. The maximum Gasteiger partial charge on any atom is 0.317 e. The first-order valence-electron chi connectivity index (χ1n) is 8.65. The highest BCUT2D eigenvalue weighted by Gasteiger charge is 2.42. The van der Waals surface area contributed by atoms with Crippen LogP contribution >= 0.6 is 0 Å². The summed E-state index contributed by atoms with van der Waals surface area (Å²) in [5, 5.41) is 26.3. The fourth-order valence-electron chi connectivity index (χ4n) is 3.57. The Kier molecular flexibility index (Phi) is 5.05. The molecule has 134 valence electrons. The number of carbonyl (C=O) groups is 1. The van der Waals surface area contributed by atoms with E-state index in [-0.39, 0.29) is 23.8 Å². The topological polar surface area (TPSA) is 112 Å². The van der Waals surface area contributed by atoms with Crippen LogP contribution in [-0.4, -0.2) is 63.1 Å². The Hall–Kier alpha value is -1.67. The van der Waals surface area contributed by atoms with Crippen LogP contribution in [0.4, 0.5) is 4.79 Å². The number of aromatic nitrogens is 2. The van der Waals surface area contributed by atoms with Crippen LogP contribution in [0.1, 0.15) is 44.3 Å². The molecule has 1 aliphatic heterocycles. The minimum Gasteiger partial charge on any atom is -0.390 e. The highest BCUT2D eigenvalue weighted by molar-refractivity contribution is 5.74. The van der Waals surface area contributed by atoms with Crippen molar-refractivity contribution in [2.24, 2.45) is 11.8 Å². The second-order valence-corrected chi connectivity index (χ2v) is 7.22. The molecule has 1 aromatic heterocycles. The van der Waals surface area contributed by atoms with Crippen LogP contribution < -0.4 is 5.32 Å². The van der Waals surface area contributed by atoms with Gasteiger partial charge in [0.15, 0.2) is 5.82 Å². The Morgan fingerprint density at radius 1 is 1.29 bits per heavy atom. The fraction of sp³-hybridized carbons (Fsp3) is 0.812. The van der Waals surface area contributed by atoms with Crippen molar-refractivity contribution in [1.29, 1.82) is 0 Å². The third-order valence-electron chi connectivity index (χ3n) is 5.00. The van der Waals surface area contributed by atoms with Gasteiger partial charge in [0.05, 0.1) is 12.2 Å². The van der Waals surface area contributed by atoms with Gasteiger partial charge in [-0.1, -0.05) is 19.0 Å². The third kappa shape index (κ3) is 3.70. The van der Waals surface area contributed by atoms with Crippen LogP contribution in [0.15, 0.2) is 4.52 Å². The van der Waals surface area contributed by atoms with Crippen molar-refractivity contribution < 1.29 is 19.5 Å². The zero-order chi connectivity index (χ0) is 17.3. The molecule has 1 saturated carbocycles. The monoisotopic (exact) mass is 338 g/mol. The van der Waals surface area contributed by atoms with E-state index < -0.39 is 12.2 Å². The van der Waals surface area contributed by atoms with Gasteiger partial charge in [-0.15, -0.1) is 0 Å². The Bertz CT molecular complexity index is 558. The van der Waals surface area contributed by atoms with E-state index >= 15 is 0 Å². The summed E-state index contributed by atoms with van der Waals surface area (Å²) in [5.74, 6) is 1.96. The van der Waals surface area contributed by atoms with Gasteiger partial charge in [-0.25, -0.2) is 4.79 Å². The van der Waals surface area contributed by atoms with E-state index in [9.17, 15) is 15.0 Å². The van der Waals surface area contributed by atoms with E-state index in [4.69, 9.17) is 4.52 Å². The molecule has 2 amide bonds. The van der Waals surface area contributed by atoms with Crippen molar-refractivity contribution in [2.75, 3.05) is 19.6 Å². The summed E-state index contributed by atoms with van der Waals surface area (Å²) >= 11 is 0. The molecule has 3 rings (SSSR count). The molecule has 2 heterocycles. The summed E-state index contributed by atoms with van der Waals surface area (Å²) in [6.45, 7) is 5.70. The van der Waals surface area contributed by atoms with E-state index in [0.29, 0.717) is 50.6 Å². The van der Waals surface area contributed by atoms with E-state index in [1.165, 1.54) is 0 Å². The zero-order valence-corrected chi connectivity index (χ0v) is 14.2. The Labute approximate surface area is 141 Å². The number of hydrogen-bond acceptors (Lipinski definition) is 6. The molecule has 0 aromatic carbocycles. The van der Waals surface area contributed by atoms with Crippen molar-refractivity contribution in [2.45, 2.75) is 51.2 Å². The minimum absolute atomic E-state index is 0.110. The number of likely N-dealkylation sites (tertiary alicyclic amines) is 1. The standard InChI is InChI=1S/C16H26N4O4/c1-9(2)15-18-14(19-24-15)3-4-17-16(23)20-7-10-5-12(21)13(22)6-11(10)8-20/h9-13,21-22H,3-8H2,1-2H3,(H,17,23)/t10-,11+,12+,13-. The van der Waals surface area contributed by atoms with Crippen LogP contribution in [0.5, 0.6) is 0 Å². The molecule has 0 unspecified atom stereocenters. The molecule has 0 spiro atoms. The second-order valence-electron chi connectivity index (χ2n) is 7.22. The lowest BCUT2D eigenvalue weighted by molar-refractivity contribution is -0.0372. The smallest absolute Gasteiger partial charge is 0.317 e. The molecule has 0 radical (unpaired) electrons. The summed E-state index contributed by atoms with van der Waals surface area (Å²) in [5.41, 5.74) is 0. The zero-order valence-electron chi connectivity index (χ0n) is 14.2. The first kappa shape index (κ1) is 17.2. The van der Waals surface area contributed by atoms with Crippen molar-refractivity contribution in [1.82, 2.24) is 20.4 Å². The number of fused-ring (bicyclic) bond motifs is 1. The van der Waals surface area contributed by atoms with Crippen molar-refractivity contribution >= 4 is 6.03 Å². The minimum atomic E-state index is -0.664. The molecule has 1 aliphatic carbocycles. The highest BCUT2D eigenvalue weighted by Crippen LogP contribution is 2.36. The van der Waals surface area contributed by atoms with Gasteiger partial charge in [-0.2, -0.15) is 4.98 Å². The Morgan fingerprint density at radius 3 is 2.46 bits per heavy atom. The number of aliphatic hydroxyl groups excluding tert-OH is 2. The van der Waals surface area contributed by atoms with E-state index in [1.54, 1.807) is 4.90 Å². The van der Waals surface area contributed by atoms with Crippen molar-refractivity contribution in [3.8, 4) is 0 Å². The normalized spacial score (nSPS) is 29.8. The highest BCUT2D eigenvalue weighted by atomic mass is 16.5. The summed E-state index contributed by atoms with van der Waals surface area (Å²) in [6.07, 6.45) is 0.331. The molecule has 3 N–H and O–H groups in total. The molecule has 24 heavy (non-hydrogen) atoms. The lowest BCUT2D eigenvalue weighted by atomic mass is 9.79. The predicted octanol–water partition coefficient (Wildman–Crippen LogP) is 0.509. The van der Waals surface area contributed by atoms with Crippen LogP contribution in [0.2, 0.25) is 0 Å². The Morgan fingerprint density at radius 2 is 1.92 bits per heavy atom. The van der Waals surface area contributed by atoms with Crippen molar-refractivity contribution in [3.05, 3.63) is 11.7 Å². The van der Waals surface area contributed by atoms with Crippen LogP contribution in [0, 0.1) is 11.8 Å². The fourth-order valence-corrected chi connectivity index (χ4v) is 3.57. The van der Waals surface area contributed by atoms with Gasteiger partial charge in [0, 0.05) is 32.0 Å². The van der Waals surface area contributed by atoms with Crippen LogP contribution in [0.3, 0.4) is 0 Å². The number of amides is 2. The quantitative estimate of drug-likeness (QED) is 0.737. The summed E-state index contributed by atoms with van der Waals surface area (Å²) in [7, 11) is 0. The molecular weight excluding hydrogens is 312 g/mol. The number of carbonyl (C=O) groups excluding carboxylic acids is 1. The molecule has 4 atom stereocenters. The number of urea groups is 1. The van der Waals surface area contributed by atoms with E-state index in [2.05, 4.69) is 15.5 Å². The first-order chi connectivity index (χ1) is 11.4. The van der Waals surface area contributed by atoms with Gasteiger partial charge >= 0.3 is 6.03 Å². The molecule has 8 heteroatoms. The molecule has 2 aliphatic rings. The number of aliphatic hydroxyl groups is 2. The summed E-state index contributed by atoms with van der Waals surface area (Å²) < 4.78 is 5.14. The number of nitrogens with one attached hydrogen (secondary N) is 1. The van der Waals surface area contributed by atoms with Crippen molar-refractivity contribution in [3.63, 3.8) is 0 Å². The molecule has 0 bridgehead atoms. The largest absolute Gasteiger partial charge is 0.390 e. The van der Waals surface area contributed by atoms with Gasteiger partial charge in [0.25, 0.3) is 0 Å².